The Kier molecular flexibility index (Phi) is 8.62. The Bertz CT molecular complexity index is 1700. The van der Waals surface area contributed by atoms with Crippen LogP contribution in [0.5, 0.6) is 0 Å². The first-order valence-electron chi connectivity index (χ1n) is 12.7. The first-order valence-corrected chi connectivity index (χ1v) is 13.1. The maximum absolute atomic E-state index is 14.4. The largest absolute Gasteiger partial charge is 0.466 e. The molecule has 0 fully saturated rings. The molecule has 43 heavy (non-hydrogen) atoms. The SMILES string of the molecule is COC(=O)C=C(C(=O)OC)C1(c2ccc(C)cc2)OC(=S)n2c(C(=O)OC)c(C(=O)OC)c(C(=O)c3ccc(C)cc3)c21. The van der Waals surface area contributed by atoms with Gasteiger partial charge >= 0.3 is 23.9 Å². The molecule has 2 heterocycles. The van der Waals surface area contributed by atoms with E-state index in [0.717, 1.165) is 50.2 Å². The van der Waals surface area contributed by atoms with E-state index >= 15 is 0 Å². The van der Waals surface area contributed by atoms with E-state index in [0.29, 0.717) is 0 Å². The highest BCUT2D eigenvalue weighted by molar-refractivity contribution is 7.80. The molecule has 0 N–H and O–H groups in total. The summed E-state index contributed by atoms with van der Waals surface area (Å²) in [4.78, 5) is 67.2. The fourth-order valence-electron chi connectivity index (χ4n) is 4.89. The Morgan fingerprint density at radius 2 is 1.33 bits per heavy atom. The molecule has 2 aromatic carbocycles. The number of aryl methyl sites for hydroxylation is 2. The van der Waals surface area contributed by atoms with Crippen LogP contribution in [0.3, 0.4) is 0 Å². The highest BCUT2D eigenvalue weighted by Crippen LogP contribution is 2.50. The van der Waals surface area contributed by atoms with E-state index in [-0.39, 0.29) is 22.4 Å². The van der Waals surface area contributed by atoms with Crippen LogP contribution in [0.4, 0.5) is 0 Å². The molecule has 3 aromatic rings. The van der Waals surface area contributed by atoms with Crippen molar-refractivity contribution in [2.24, 2.45) is 0 Å². The molecule has 0 bridgehead atoms. The molecule has 1 unspecified atom stereocenters. The fraction of sp³-hybridized carbons (Fsp3) is 0.226. The number of aromatic nitrogens is 1. The lowest BCUT2D eigenvalue weighted by Crippen LogP contribution is -2.37. The molecular formula is C31H27NO10S. The number of carbonyl (C=O) groups is 5. The third-order valence-corrected chi connectivity index (χ3v) is 7.21. The normalized spacial score (nSPS) is 15.7. The van der Waals surface area contributed by atoms with Crippen molar-refractivity contribution in [3.05, 3.63) is 105 Å². The molecule has 1 aromatic heterocycles. The number of esters is 4. The number of thiocarbonyl (C=S) groups is 1. The van der Waals surface area contributed by atoms with Crippen LogP contribution >= 0.6 is 12.2 Å². The lowest BCUT2D eigenvalue weighted by Gasteiger charge is -2.31. The molecule has 0 radical (unpaired) electrons. The van der Waals surface area contributed by atoms with Gasteiger partial charge in [-0.15, -0.1) is 0 Å². The summed E-state index contributed by atoms with van der Waals surface area (Å²) >= 11 is 5.58. The second kappa shape index (κ2) is 12.0. The molecule has 11 nitrogen and oxygen atoms in total. The van der Waals surface area contributed by atoms with Crippen LogP contribution in [0.25, 0.3) is 0 Å². The lowest BCUT2D eigenvalue weighted by molar-refractivity contribution is -0.140. The Balaban J connectivity index is 2.31. The number of methoxy groups -OCH3 is 4. The number of rotatable bonds is 8. The van der Waals surface area contributed by atoms with Crippen molar-refractivity contribution >= 4 is 47.1 Å². The van der Waals surface area contributed by atoms with Gasteiger partial charge in [0.1, 0.15) is 5.56 Å². The second-order valence-electron chi connectivity index (χ2n) is 9.45. The molecule has 222 valence electrons. The highest BCUT2D eigenvalue weighted by Gasteiger charge is 2.58. The average molecular weight is 606 g/mol. The molecule has 0 spiro atoms. The monoisotopic (exact) mass is 605 g/mol. The molecule has 0 saturated heterocycles. The molecule has 0 saturated carbocycles. The van der Waals surface area contributed by atoms with E-state index in [2.05, 4.69) is 0 Å². The summed E-state index contributed by atoms with van der Waals surface area (Å²) in [6.45, 7) is 3.65. The summed E-state index contributed by atoms with van der Waals surface area (Å²) in [6, 6.07) is 13.0. The number of benzene rings is 2. The van der Waals surface area contributed by atoms with Gasteiger partial charge in [0.25, 0.3) is 5.17 Å². The summed E-state index contributed by atoms with van der Waals surface area (Å²) in [6.07, 6.45) is 0.840. The first-order chi connectivity index (χ1) is 20.5. The van der Waals surface area contributed by atoms with Crippen molar-refractivity contribution in [2.45, 2.75) is 19.4 Å². The Morgan fingerprint density at radius 3 is 1.84 bits per heavy atom. The molecule has 1 aliphatic rings. The van der Waals surface area contributed by atoms with Gasteiger partial charge in [0.05, 0.1) is 45.3 Å². The average Bonchev–Trinajstić information content (AvgIpc) is 3.52. The van der Waals surface area contributed by atoms with Crippen LogP contribution in [0.1, 0.15) is 59.2 Å². The van der Waals surface area contributed by atoms with Gasteiger partial charge in [-0.05, 0) is 26.1 Å². The summed E-state index contributed by atoms with van der Waals surface area (Å²) in [5, 5.41) is -0.427. The molecule has 0 amide bonds. The maximum Gasteiger partial charge on any atom is 0.356 e. The lowest BCUT2D eigenvalue weighted by atomic mass is 9.79. The van der Waals surface area contributed by atoms with Gasteiger partial charge in [-0.1, -0.05) is 59.7 Å². The van der Waals surface area contributed by atoms with Crippen molar-refractivity contribution in [1.29, 1.82) is 0 Å². The van der Waals surface area contributed by atoms with Gasteiger partial charge < -0.3 is 23.7 Å². The zero-order valence-electron chi connectivity index (χ0n) is 24.1. The number of ketones is 1. The molecule has 4 rings (SSSR count). The van der Waals surface area contributed by atoms with Crippen LogP contribution in [0, 0.1) is 13.8 Å². The number of hydrogen-bond donors (Lipinski definition) is 0. The van der Waals surface area contributed by atoms with Gasteiger partial charge in [-0.2, -0.15) is 0 Å². The fourth-order valence-corrected chi connectivity index (χ4v) is 5.19. The van der Waals surface area contributed by atoms with Crippen LogP contribution < -0.4 is 0 Å². The summed E-state index contributed by atoms with van der Waals surface area (Å²) in [5.74, 6) is -4.84. The predicted octanol–water partition coefficient (Wildman–Crippen LogP) is 3.59. The second-order valence-corrected chi connectivity index (χ2v) is 9.80. The Labute approximate surface area is 251 Å². The van der Waals surface area contributed by atoms with Gasteiger partial charge in [0.15, 0.2) is 11.5 Å². The van der Waals surface area contributed by atoms with E-state index in [9.17, 15) is 24.0 Å². The van der Waals surface area contributed by atoms with Crippen molar-refractivity contribution in [2.75, 3.05) is 28.4 Å². The minimum absolute atomic E-state index is 0.132. The van der Waals surface area contributed by atoms with E-state index in [1.807, 2.05) is 13.8 Å². The van der Waals surface area contributed by atoms with Crippen LogP contribution in [0.2, 0.25) is 0 Å². The van der Waals surface area contributed by atoms with E-state index in [4.69, 9.17) is 35.9 Å². The summed E-state index contributed by atoms with van der Waals surface area (Å²) in [5.41, 5.74) is -2.14. The Hall–Kier alpha value is -5.10. The molecule has 0 aliphatic carbocycles. The van der Waals surface area contributed by atoms with Crippen LogP contribution in [-0.4, -0.2) is 67.8 Å². The number of fused-ring (bicyclic) bond motifs is 1. The van der Waals surface area contributed by atoms with Crippen LogP contribution in [0.15, 0.2) is 60.2 Å². The number of carbonyl (C=O) groups excluding carboxylic acids is 5. The summed E-state index contributed by atoms with van der Waals surface area (Å²) < 4.78 is 27.2. The van der Waals surface area contributed by atoms with Gasteiger partial charge in [-0.25, -0.2) is 19.2 Å². The highest BCUT2D eigenvalue weighted by atomic mass is 32.1. The van der Waals surface area contributed by atoms with Crippen LogP contribution in [-0.2, 0) is 38.9 Å². The molecular weight excluding hydrogens is 578 g/mol. The van der Waals surface area contributed by atoms with Gasteiger partial charge in [-0.3, -0.25) is 9.36 Å². The Morgan fingerprint density at radius 1 is 0.767 bits per heavy atom. The quantitative estimate of drug-likeness (QED) is 0.123. The zero-order valence-corrected chi connectivity index (χ0v) is 25.0. The van der Waals surface area contributed by atoms with E-state index in [1.165, 1.54) is 12.1 Å². The topological polar surface area (TPSA) is 136 Å². The standard InChI is InChI=1S/C31H27NO10S/c1-16-7-11-18(12-8-16)25(34)23-22(28(36)40-5)24(29(37)41-6)32-26(23)31(42-30(32)43,19-13-9-17(2)10-14-19)20(27(35)39-4)15-21(33)38-3/h7-15H,1-6H3. The third kappa shape index (κ3) is 5.10. The van der Waals surface area contributed by atoms with Crippen molar-refractivity contribution < 1.29 is 47.7 Å². The third-order valence-electron chi connectivity index (χ3n) is 6.94. The molecule has 12 heteroatoms. The zero-order chi connectivity index (χ0) is 31.6. The van der Waals surface area contributed by atoms with Gasteiger partial charge in [0, 0.05) is 17.2 Å². The predicted molar refractivity (Wildman–Crippen MR) is 155 cm³/mol. The smallest absolute Gasteiger partial charge is 0.356 e. The van der Waals surface area contributed by atoms with Crippen molar-refractivity contribution in [3.63, 3.8) is 0 Å². The maximum atomic E-state index is 14.4. The van der Waals surface area contributed by atoms with Crippen molar-refractivity contribution in [3.8, 4) is 0 Å². The number of hydrogen-bond acceptors (Lipinski definition) is 11. The minimum Gasteiger partial charge on any atom is -0.466 e. The molecule has 1 atom stereocenters. The summed E-state index contributed by atoms with van der Waals surface area (Å²) in [7, 11) is 4.34. The van der Waals surface area contributed by atoms with E-state index in [1.54, 1.807) is 36.4 Å². The number of ether oxygens (including phenoxy) is 5. The molecule has 1 aliphatic heterocycles. The first kappa shape index (κ1) is 30.8. The van der Waals surface area contributed by atoms with Gasteiger partial charge in [0.2, 0.25) is 5.60 Å². The minimum atomic E-state index is -2.20. The van der Waals surface area contributed by atoms with E-state index < -0.39 is 57.3 Å². The van der Waals surface area contributed by atoms with Crippen molar-refractivity contribution in [1.82, 2.24) is 4.57 Å². The number of nitrogens with zero attached hydrogens (tertiary/aromatic N) is 1.